The van der Waals surface area contributed by atoms with Gasteiger partial charge in [0.25, 0.3) is 20.2 Å². The van der Waals surface area contributed by atoms with E-state index in [1.54, 1.807) is 0 Å². The van der Waals surface area contributed by atoms with Crippen molar-refractivity contribution in [1.29, 1.82) is 0 Å². The van der Waals surface area contributed by atoms with Crippen LogP contribution >= 0.6 is 0 Å². The Labute approximate surface area is 160 Å². The molecule has 2 aromatic carbocycles. The summed E-state index contributed by atoms with van der Waals surface area (Å²) < 4.78 is 90.0. The second-order valence-corrected chi connectivity index (χ2v) is 9.34. The van der Waals surface area contributed by atoms with Gasteiger partial charge in [0.15, 0.2) is 5.78 Å². The number of hydrogen-bond acceptors (Lipinski definition) is 5. The smallest absolute Gasteiger partial charge is 0.289 e. The highest BCUT2D eigenvalue weighted by Crippen LogP contribution is 2.22. The molecule has 2 N–H and O–H groups in total. The van der Waals surface area contributed by atoms with Crippen molar-refractivity contribution in [2.24, 2.45) is 0 Å². The van der Waals surface area contributed by atoms with Crippen molar-refractivity contribution in [2.45, 2.75) is 29.9 Å². The molecule has 2 rings (SSSR count). The van der Waals surface area contributed by atoms with E-state index in [0.717, 1.165) is 24.3 Å². The summed E-state index contributed by atoms with van der Waals surface area (Å²) in [5.74, 6) is -2.72. The maximum atomic E-state index is 13.6. The molecule has 0 amide bonds. The van der Waals surface area contributed by atoms with Crippen LogP contribution in [-0.4, -0.2) is 37.0 Å². The number of hydrogen-bond donors (Lipinski definition) is 2. The summed E-state index contributed by atoms with van der Waals surface area (Å²) in [6.45, 7) is 1.24. The summed E-state index contributed by atoms with van der Waals surface area (Å²) in [4.78, 5) is 11.6. The van der Waals surface area contributed by atoms with E-state index in [1.807, 2.05) is 0 Å². The first-order chi connectivity index (χ1) is 12.8. The first kappa shape index (κ1) is 22.1. The highest BCUT2D eigenvalue weighted by atomic mass is 32.2. The van der Waals surface area contributed by atoms with Crippen LogP contribution in [0.3, 0.4) is 0 Å². The van der Waals surface area contributed by atoms with Gasteiger partial charge in [0.2, 0.25) is 0 Å². The van der Waals surface area contributed by atoms with Crippen molar-refractivity contribution in [3.63, 3.8) is 0 Å². The van der Waals surface area contributed by atoms with Gasteiger partial charge in [0.1, 0.15) is 16.5 Å². The third-order valence-corrected chi connectivity index (χ3v) is 6.23. The molecule has 0 aromatic heterocycles. The second kappa shape index (κ2) is 8.03. The van der Waals surface area contributed by atoms with Gasteiger partial charge in [0.05, 0.1) is 5.25 Å². The van der Waals surface area contributed by atoms with Crippen LogP contribution in [0.2, 0.25) is 0 Å². The number of halogens is 2. The first-order valence-corrected chi connectivity index (χ1v) is 10.8. The molecular weight excluding hydrogens is 418 g/mol. The molecule has 1 unspecified atom stereocenters. The van der Waals surface area contributed by atoms with E-state index in [-0.39, 0.29) is 29.5 Å². The normalized spacial score (nSPS) is 13.3. The Bertz CT molecular complexity index is 1130. The Morgan fingerprint density at radius 3 is 2.25 bits per heavy atom. The summed E-state index contributed by atoms with van der Waals surface area (Å²) >= 11 is 0. The van der Waals surface area contributed by atoms with Crippen LogP contribution in [0.4, 0.5) is 8.78 Å². The van der Waals surface area contributed by atoms with Crippen LogP contribution in [0, 0.1) is 11.6 Å². The van der Waals surface area contributed by atoms with Crippen LogP contribution in [0.15, 0.2) is 41.3 Å². The monoisotopic (exact) mass is 434 g/mol. The van der Waals surface area contributed by atoms with E-state index in [1.165, 1.54) is 6.92 Å². The molecular formula is C17H16F2O7S2. The van der Waals surface area contributed by atoms with E-state index in [2.05, 4.69) is 0 Å². The van der Waals surface area contributed by atoms with Crippen molar-refractivity contribution in [2.75, 3.05) is 0 Å². The molecule has 0 aliphatic rings. The average Bonchev–Trinajstić information content (AvgIpc) is 2.57. The summed E-state index contributed by atoms with van der Waals surface area (Å²) in [7, 11) is -9.22. The van der Waals surface area contributed by atoms with Gasteiger partial charge in [0, 0.05) is 11.1 Å². The highest BCUT2D eigenvalue weighted by Gasteiger charge is 2.22. The molecule has 152 valence electrons. The van der Waals surface area contributed by atoms with Gasteiger partial charge < -0.3 is 0 Å². The lowest BCUT2D eigenvalue weighted by Gasteiger charge is -2.12. The van der Waals surface area contributed by atoms with Gasteiger partial charge in [-0.2, -0.15) is 16.8 Å². The van der Waals surface area contributed by atoms with Gasteiger partial charge in [-0.25, -0.2) is 8.78 Å². The Morgan fingerprint density at radius 1 is 1.04 bits per heavy atom. The maximum Gasteiger partial charge on any atom is 0.297 e. The quantitative estimate of drug-likeness (QED) is 0.507. The van der Waals surface area contributed by atoms with Gasteiger partial charge in [-0.05, 0) is 61.7 Å². The van der Waals surface area contributed by atoms with Gasteiger partial charge in [-0.15, -0.1) is 0 Å². The predicted molar refractivity (Wildman–Crippen MR) is 95.4 cm³/mol. The van der Waals surface area contributed by atoms with Crippen LogP contribution in [0.1, 0.15) is 34.8 Å². The van der Waals surface area contributed by atoms with E-state index in [9.17, 15) is 30.4 Å². The number of aryl methyl sites for hydroxylation is 1. The molecule has 7 nitrogen and oxygen atoms in total. The molecule has 0 bridgehead atoms. The summed E-state index contributed by atoms with van der Waals surface area (Å²) in [5, 5.41) is -1.16. The largest absolute Gasteiger partial charge is 0.297 e. The Kier molecular flexibility index (Phi) is 6.34. The number of carbonyl (C=O) groups excluding carboxylic acids is 1. The molecule has 11 heteroatoms. The van der Waals surface area contributed by atoms with Gasteiger partial charge in [-0.3, -0.25) is 13.9 Å². The SMILES string of the molecule is CC(CCc1cc(F)ccc1C(=O)c1ccc(F)c(S(=O)(=O)O)c1)S(=O)(=O)O. The molecule has 0 saturated heterocycles. The summed E-state index contributed by atoms with van der Waals surface area (Å²) in [5.41, 5.74) is -0.209. The topological polar surface area (TPSA) is 126 Å². The van der Waals surface area contributed by atoms with E-state index in [4.69, 9.17) is 9.11 Å². The van der Waals surface area contributed by atoms with E-state index < -0.39 is 47.8 Å². The lowest BCUT2D eigenvalue weighted by Crippen LogP contribution is -2.18. The maximum absolute atomic E-state index is 13.6. The molecule has 0 saturated carbocycles. The zero-order valence-electron chi connectivity index (χ0n) is 14.5. The van der Waals surface area contributed by atoms with E-state index in [0.29, 0.717) is 12.1 Å². The minimum Gasteiger partial charge on any atom is -0.289 e. The zero-order valence-corrected chi connectivity index (χ0v) is 16.1. The van der Waals surface area contributed by atoms with Crippen molar-refractivity contribution in [3.05, 3.63) is 64.7 Å². The molecule has 0 aliphatic carbocycles. The molecule has 0 aliphatic heterocycles. The lowest BCUT2D eigenvalue weighted by atomic mass is 9.95. The third kappa shape index (κ3) is 5.19. The number of benzene rings is 2. The molecule has 0 fully saturated rings. The Hall–Kier alpha value is -2.21. The fourth-order valence-corrected chi connectivity index (χ4v) is 3.50. The zero-order chi connectivity index (χ0) is 21.3. The predicted octanol–water partition coefficient (Wildman–Crippen LogP) is 2.65. The van der Waals surface area contributed by atoms with Crippen LogP contribution in [0.25, 0.3) is 0 Å². The van der Waals surface area contributed by atoms with E-state index >= 15 is 0 Å². The van der Waals surface area contributed by atoms with Crippen molar-refractivity contribution in [3.8, 4) is 0 Å². The fourth-order valence-electron chi connectivity index (χ4n) is 2.50. The number of ketones is 1. The second-order valence-electron chi connectivity index (χ2n) is 6.12. The Morgan fingerprint density at radius 2 is 1.68 bits per heavy atom. The number of carbonyl (C=O) groups is 1. The minimum absolute atomic E-state index is 0.0585. The van der Waals surface area contributed by atoms with Gasteiger partial charge >= 0.3 is 0 Å². The van der Waals surface area contributed by atoms with Gasteiger partial charge in [-0.1, -0.05) is 0 Å². The Balaban J connectivity index is 2.44. The van der Waals surface area contributed by atoms with Crippen LogP contribution in [-0.2, 0) is 26.7 Å². The molecule has 0 spiro atoms. The fraction of sp³-hybridized carbons (Fsp3) is 0.235. The van der Waals surface area contributed by atoms with Crippen molar-refractivity contribution >= 4 is 26.0 Å². The molecule has 1 atom stereocenters. The van der Waals surface area contributed by atoms with Crippen LogP contribution < -0.4 is 0 Å². The summed E-state index contributed by atoms with van der Waals surface area (Å²) in [6, 6.07) is 5.47. The van der Waals surface area contributed by atoms with Crippen molar-refractivity contribution in [1.82, 2.24) is 0 Å². The average molecular weight is 434 g/mol. The molecule has 28 heavy (non-hydrogen) atoms. The lowest BCUT2D eigenvalue weighted by molar-refractivity contribution is 0.103. The van der Waals surface area contributed by atoms with Crippen molar-refractivity contribution < 1.29 is 39.5 Å². The highest BCUT2D eigenvalue weighted by molar-refractivity contribution is 7.86. The van der Waals surface area contributed by atoms with Crippen LogP contribution in [0.5, 0.6) is 0 Å². The minimum atomic E-state index is -4.91. The molecule has 0 radical (unpaired) electrons. The standard InChI is InChI=1S/C17H16F2O7S2/c1-10(27(21,22)23)2-3-11-8-13(18)5-6-14(11)17(20)12-4-7-15(19)16(9-12)28(24,25)26/h4-10H,2-3H2,1H3,(H,21,22,23)(H,24,25,26). The molecule has 2 aromatic rings. The number of rotatable bonds is 7. The third-order valence-electron chi connectivity index (χ3n) is 4.11. The summed E-state index contributed by atoms with van der Waals surface area (Å²) in [6.07, 6.45) is -0.186. The molecule has 0 heterocycles. The first-order valence-electron chi connectivity index (χ1n) is 7.87.